The van der Waals surface area contributed by atoms with Crippen molar-refractivity contribution < 1.29 is 4.92 Å². The Bertz CT molecular complexity index is 424. The monoisotopic (exact) mass is 254 g/mol. The van der Waals surface area contributed by atoms with Crippen molar-refractivity contribution in [1.29, 1.82) is 5.26 Å². The van der Waals surface area contributed by atoms with E-state index >= 15 is 0 Å². The van der Waals surface area contributed by atoms with Crippen LogP contribution in [-0.4, -0.2) is 4.92 Å². The second-order valence-corrected chi connectivity index (χ2v) is 3.35. The molecular formula is C9H7BrN2O2. The minimum atomic E-state index is -0.494. The van der Waals surface area contributed by atoms with Gasteiger partial charge in [0.05, 0.1) is 16.6 Å². The molecule has 0 amide bonds. The number of non-ortho nitro benzene ring substituents is 1. The first-order valence-corrected chi connectivity index (χ1v) is 4.96. The third-order valence-corrected chi connectivity index (χ3v) is 2.48. The van der Waals surface area contributed by atoms with E-state index in [4.69, 9.17) is 5.26 Å². The zero-order valence-corrected chi connectivity index (χ0v) is 9.04. The summed E-state index contributed by atoms with van der Waals surface area (Å²) in [4.78, 5) is 10.0. The Morgan fingerprint density at radius 1 is 1.64 bits per heavy atom. The zero-order valence-electron chi connectivity index (χ0n) is 7.45. The quantitative estimate of drug-likeness (QED) is 0.463. The zero-order chi connectivity index (χ0) is 10.7. The van der Waals surface area contributed by atoms with Crippen LogP contribution in [0, 0.1) is 28.4 Å². The average molecular weight is 255 g/mol. The summed E-state index contributed by atoms with van der Waals surface area (Å²) < 4.78 is 0. The molecule has 14 heavy (non-hydrogen) atoms. The number of nitrogens with zero attached hydrogens (tertiary/aromatic N) is 2. The third-order valence-electron chi connectivity index (χ3n) is 1.92. The molecule has 0 atom stereocenters. The molecule has 1 aromatic carbocycles. The van der Waals surface area contributed by atoms with Gasteiger partial charge in [0.25, 0.3) is 5.69 Å². The lowest BCUT2D eigenvalue weighted by atomic mass is 10.0. The number of hydrogen-bond acceptors (Lipinski definition) is 3. The Balaban J connectivity index is 3.41. The van der Waals surface area contributed by atoms with Crippen LogP contribution in [0.3, 0.4) is 0 Å². The second-order valence-electron chi connectivity index (χ2n) is 2.79. The van der Waals surface area contributed by atoms with Crippen LogP contribution in [0.25, 0.3) is 0 Å². The Morgan fingerprint density at radius 2 is 2.29 bits per heavy atom. The molecule has 0 unspecified atom stereocenters. The van der Waals surface area contributed by atoms with Gasteiger partial charge < -0.3 is 0 Å². The smallest absolute Gasteiger partial charge is 0.258 e. The van der Waals surface area contributed by atoms with Crippen molar-refractivity contribution in [3.05, 3.63) is 38.9 Å². The third kappa shape index (κ3) is 1.91. The van der Waals surface area contributed by atoms with Crippen LogP contribution in [0.1, 0.15) is 16.7 Å². The van der Waals surface area contributed by atoms with Crippen LogP contribution in [0.2, 0.25) is 0 Å². The van der Waals surface area contributed by atoms with E-state index in [1.807, 2.05) is 6.07 Å². The van der Waals surface area contributed by atoms with Gasteiger partial charge in [-0.3, -0.25) is 10.1 Å². The summed E-state index contributed by atoms with van der Waals surface area (Å²) >= 11 is 3.24. The molecule has 0 heterocycles. The second kappa shape index (κ2) is 4.20. The Hall–Kier alpha value is -1.41. The molecule has 1 rings (SSSR count). The molecule has 0 fully saturated rings. The molecule has 1 aromatic rings. The Kier molecular flexibility index (Phi) is 3.20. The number of rotatable bonds is 2. The Labute approximate surface area is 89.4 Å². The molecule has 0 aromatic heterocycles. The molecule has 0 spiro atoms. The fourth-order valence-corrected chi connectivity index (χ4v) is 1.92. The molecule has 0 saturated carbocycles. The predicted molar refractivity (Wildman–Crippen MR) is 55.2 cm³/mol. The number of halogens is 1. The number of nitro groups is 1. The highest BCUT2D eigenvalue weighted by molar-refractivity contribution is 9.08. The number of nitro benzene ring substituents is 1. The molecule has 5 heteroatoms. The number of benzene rings is 1. The van der Waals surface area contributed by atoms with Gasteiger partial charge in [-0.15, -0.1) is 0 Å². The average Bonchev–Trinajstić information content (AvgIpc) is 2.16. The molecule has 0 aliphatic rings. The molecule has 0 aliphatic heterocycles. The first-order valence-electron chi connectivity index (χ1n) is 3.84. The number of alkyl halides is 1. The number of hydrogen-bond donors (Lipinski definition) is 0. The van der Waals surface area contributed by atoms with Crippen molar-refractivity contribution in [2.45, 2.75) is 12.3 Å². The SMILES string of the molecule is Cc1cc([N+](=O)[O-])cc(C#N)c1CBr. The van der Waals surface area contributed by atoms with Crippen LogP contribution in [0.5, 0.6) is 0 Å². The van der Waals surface area contributed by atoms with Crippen molar-refractivity contribution >= 4 is 21.6 Å². The van der Waals surface area contributed by atoms with E-state index in [1.54, 1.807) is 6.92 Å². The van der Waals surface area contributed by atoms with Crippen LogP contribution in [0.4, 0.5) is 5.69 Å². The lowest BCUT2D eigenvalue weighted by Crippen LogP contribution is -1.95. The first-order chi connectivity index (χ1) is 6.60. The van der Waals surface area contributed by atoms with Crippen molar-refractivity contribution in [3.63, 3.8) is 0 Å². The molecular weight excluding hydrogens is 248 g/mol. The minimum Gasteiger partial charge on any atom is -0.258 e. The summed E-state index contributed by atoms with van der Waals surface area (Å²) in [5, 5.41) is 19.8. The molecule has 72 valence electrons. The van der Waals surface area contributed by atoms with E-state index in [2.05, 4.69) is 15.9 Å². The van der Waals surface area contributed by atoms with Gasteiger partial charge in [-0.05, 0) is 18.1 Å². The summed E-state index contributed by atoms with van der Waals surface area (Å²) in [5.41, 5.74) is 1.88. The fraction of sp³-hybridized carbons (Fsp3) is 0.222. The van der Waals surface area contributed by atoms with Crippen LogP contribution < -0.4 is 0 Å². The number of nitriles is 1. The van der Waals surface area contributed by atoms with Gasteiger partial charge in [-0.25, -0.2) is 0 Å². The van der Waals surface area contributed by atoms with Crippen molar-refractivity contribution in [2.75, 3.05) is 0 Å². The highest BCUT2D eigenvalue weighted by Crippen LogP contribution is 2.23. The van der Waals surface area contributed by atoms with Crippen molar-refractivity contribution in [2.24, 2.45) is 0 Å². The van der Waals surface area contributed by atoms with E-state index in [-0.39, 0.29) is 5.69 Å². The van der Waals surface area contributed by atoms with Gasteiger partial charge in [0.1, 0.15) is 0 Å². The number of aryl methyl sites for hydroxylation is 1. The maximum absolute atomic E-state index is 10.5. The Morgan fingerprint density at radius 3 is 2.71 bits per heavy atom. The fourth-order valence-electron chi connectivity index (χ4n) is 1.18. The van der Waals surface area contributed by atoms with E-state index in [1.165, 1.54) is 12.1 Å². The van der Waals surface area contributed by atoms with E-state index in [0.717, 1.165) is 11.1 Å². The van der Waals surface area contributed by atoms with Crippen LogP contribution in [0.15, 0.2) is 12.1 Å². The molecule has 4 nitrogen and oxygen atoms in total. The molecule has 0 bridgehead atoms. The van der Waals surface area contributed by atoms with Gasteiger partial charge in [-0.1, -0.05) is 15.9 Å². The van der Waals surface area contributed by atoms with Gasteiger partial charge in [0, 0.05) is 17.5 Å². The maximum atomic E-state index is 10.5. The van der Waals surface area contributed by atoms with Crippen LogP contribution >= 0.6 is 15.9 Å². The topological polar surface area (TPSA) is 66.9 Å². The summed E-state index contributed by atoms with van der Waals surface area (Å²) in [7, 11) is 0. The molecule has 0 saturated heterocycles. The standard InChI is InChI=1S/C9H7BrN2O2/c1-6-2-8(12(13)14)3-7(5-11)9(6)4-10/h2-3H,4H2,1H3. The van der Waals surface area contributed by atoms with Gasteiger partial charge in [0.15, 0.2) is 0 Å². The first kappa shape index (κ1) is 10.7. The maximum Gasteiger partial charge on any atom is 0.271 e. The largest absolute Gasteiger partial charge is 0.271 e. The molecule has 0 N–H and O–H groups in total. The minimum absolute atomic E-state index is 0.0382. The van der Waals surface area contributed by atoms with E-state index in [0.29, 0.717) is 10.9 Å². The lowest BCUT2D eigenvalue weighted by Gasteiger charge is -2.03. The van der Waals surface area contributed by atoms with Crippen molar-refractivity contribution in [3.8, 4) is 6.07 Å². The summed E-state index contributed by atoms with van der Waals surface area (Å²) in [5.74, 6) is 0. The van der Waals surface area contributed by atoms with Gasteiger partial charge in [0.2, 0.25) is 0 Å². The van der Waals surface area contributed by atoms with E-state index < -0.39 is 4.92 Å². The normalized spacial score (nSPS) is 9.50. The summed E-state index contributed by atoms with van der Waals surface area (Å²) in [6, 6.07) is 4.71. The highest BCUT2D eigenvalue weighted by atomic mass is 79.9. The summed E-state index contributed by atoms with van der Waals surface area (Å²) in [6.45, 7) is 1.75. The van der Waals surface area contributed by atoms with Gasteiger partial charge in [-0.2, -0.15) is 5.26 Å². The summed E-state index contributed by atoms with van der Waals surface area (Å²) in [6.07, 6.45) is 0. The highest BCUT2D eigenvalue weighted by Gasteiger charge is 2.12. The van der Waals surface area contributed by atoms with E-state index in [9.17, 15) is 10.1 Å². The molecule has 0 radical (unpaired) electrons. The predicted octanol–water partition coefficient (Wildman–Crippen LogP) is 2.67. The van der Waals surface area contributed by atoms with Crippen LogP contribution in [-0.2, 0) is 5.33 Å². The lowest BCUT2D eigenvalue weighted by molar-refractivity contribution is -0.384. The molecule has 0 aliphatic carbocycles. The van der Waals surface area contributed by atoms with Crippen molar-refractivity contribution in [1.82, 2.24) is 0 Å². The van der Waals surface area contributed by atoms with Gasteiger partial charge >= 0.3 is 0 Å².